The molecule has 2 N–H and O–H groups in total. The van der Waals surface area contributed by atoms with Gasteiger partial charge in [-0.2, -0.15) is 0 Å². The Morgan fingerprint density at radius 3 is 2.74 bits per heavy atom. The summed E-state index contributed by atoms with van der Waals surface area (Å²) >= 11 is 9.16. The standard InChI is InChI=1S/C13H13BrClNO3/c1-19-8-2-3-10-7(4-8)5-9(13(15)16-10)12(18)11(17)6-14/h2-5,11-12,17-18H,6H2,1H3. The van der Waals surface area contributed by atoms with Gasteiger partial charge in [-0.05, 0) is 24.3 Å². The van der Waals surface area contributed by atoms with Gasteiger partial charge in [0.2, 0.25) is 0 Å². The number of fused-ring (bicyclic) bond motifs is 1. The Labute approximate surface area is 124 Å². The van der Waals surface area contributed by atoms with Crippen LogP contribution in [0.15, 0.2) is 24.3 Å². The van der Waals surface area contributed by atoms with Crippen molar-refractivity contribution in [1.29, 1.82) is 0 Å². The van der Waals surface area contributed by atoms with Crippen LogP contribution in [0.1, 0.15) is 11.7 Å². The molecule has 1 aromatic carbocycles. The van der Waals surface area contributed by atoms with Gasteiger partial charge in [-0.3, -0.25) is 0 Å². The topological polar surface area (TPSA) is 62.6 Å². The maximum Gasteiger partial charge on any atom is 0.135 e. The van der Waals surface area contributed by atoms with Crippen LogP contribution in [0, 0.1) is 0 Å². The molecule has 19 heavy (non-hydrogen) atoms. The third-order valence-corrected chi connectivity index (χ3v) is 3.81. The van der Waals surface area contributed by atoms with Crippen LogP contribution in [0.3, 0.4) is 0 Å². The number of pyridine rings is 1. The maximum atomic E-state index is 10.0. The highest BCUT2D eigenvalue weighted by Gasteiger charge is 2.21. The van der Waals surface area contributed by atoms with Crippen LogP contribution in [0.4, 0.5) is 0 Å². The summed E-state index contributed by atoms with van der Waals surface area (Å²) in [5.74, 6) is 0.693. The van der Waals surface area contributed by atoms with Crippen molar-refractivity contribution in [2.45, 2.75) is 12.2 Å². The zero-order chi connectivity index (χ0) is 14.0. The summed E-state index contributed by atoms with van der Waals surface area (Å²) in [6, 6.07) is 7.09. The second-order valence-corrected chi connectivity index (χ2v) is 5.10. The molecule has 102 valence electrons. The maximum absolute atomic E-state index is 10.0. The number of hydrogen-bond donors (Lipinski definition) is 2. The summed E-state index contributed by atoms with van der Waals surface area (Å²) in [7, 11) is 1.58. The number of benzene rings is 1. The third kappa shape index (κ3) is 3.00. The Morgan fingerprint density at radius 2 is 2.11 bits per heavy atom. The van der Waals surface area contributed by atoms with E-state index in [2.05, 4.69) is 20.9 Å². The summed E-state index contributed by atoms with van der Waals surface area (Å²) in [4.78, 5) is 4.21. The van der Waals surface area contributed by atoms with E-state index < -0.39 is 12.2 Å². The fraction of sp³-hybridized carbons (Fsp3) is 0.308. The predicted molar refractivity (Wildman–Crippen MR) is 78.1 cm³/mol. The third-order valence-electron chi connectivity index (χ3n) is 2.84. The van der Waals surface area contributed by atoms with Gasteiger partial charge in [0, 0.05) is 16.3 Å². The summed E-state index contributed by atoms with van der Waals surface area (Å²) in [5.41, 5.74) is 1.10. The highest BCUT2D eigenvalue weighted by molar-refractivity contribution is 9.09. The molecule has 0 saturated carbocycles. The number of ether oxygens (including phenoxy) is 1. The Bertz CT molecular complexity index is 593. The summed E-state index contributed by atoms with van der Waals surface area (Å²) in [6.07, 6.45) is -2.03. The van der Waals surface area contributed by atoms with Crippen molar-refractivity contribution in [1.82, 2.24) is 4.98 Å². The van der Waals surface area contributed by atoms with E-state index in [0.717, 1.165) is 5.39 Å². The van der Waals surface area contributed by atoms with Crippen LogP contribution >= 0.6 is 27.5 Å². The van der Waals surface area contributed by atoms with E-state index in [-0.39, 0.29) is 10.5 Å². The van der Waals surface area contributed by atoms with E-state index in [1.165, 1.54) is 0 Å². The number of nitrogens with zero attached hydrogens (tertiary/aromatic N) is 1. The first-order chi connectivity index (χ1) is 9.06. The van der Waals surface area contributed by atoms with Crippen molar-refractivity contribution < 1.29 is 14.9 Å². The van der Waals surface area contributed by atoms with Crippen LogP contribution in [0.2, 0.25) is 5.15 Å². The van der Waals surface area contributed by atoms with Gasteiger partial charge in [-0.1, -0.05) is 27.5 Å². The summed E-state index contributed by atoms with van der Waals surface area (Å²) < 4.78 is 5.14. The van der Waals surface area contributed by atoms with Crippen molar-refractivity contribution in [2.24, 2.45) is 0 Å². The lowest BCUT2D eigenvalue weighted by Crippen LogP contribution is -2.20. The van der Waals surface area contributed by atoms with Gasteiger partial charge in [0.1, 0.15) is 17.0 Å². The Balaban J connectivity index is 2.52. The molecule has 0 amide bonds. The molecule has 2 rings (SSSR count). The number of methoxy groups -OCH3 is 1. The quantitative estimate of drug-likeness (QED) is 0.660. The number of aliphatic hydroxyl groups is 2. The van der Waals surface area contributed by atoms with E-state index in [0.29, 0.717) is 16.8 Å². The second kappa shape index (κ2) is 6.05. The van der Waals surface area contributed by atoms with Crippen LogP contribution in [0.25, 0.3) is 10.9 Å². The van der Waals surface area contributed by atoms with Crippen molar-refractivity contribution in [2.75, 3.05) is 12.4 Å². The number of aliphatic hydroxyl groups excluding tert-OH is 2. The molecule has 4 nitrogen and oxygen atoms in total. The highest BCUT2D eigenvalue weighted by Crippen LogP contribution is 2.29. The van der Waals surface area contributed by atoms with Crippen LogP contribution in [0.5, 0.6) is 5.75 Å². The van der Waals surface area contributed by atoms with Gasteiger partial charge in [0.05, 0.1) is 18.7 Å². The minimum absolute atomic E-state index is 0.185. The van der Waals surface area contributed by atoms with Crippen molar-refractivity contribution in [3.8, 4) is 5.75 Å². The first-order valence-electron chi connectivity index (χ1n) is 5.63. The average molecular weight is 347 g/mol. The monoisotopic (exact) mass is 345 g/mol. The minimum atomic E-state index is -1.09. The zero-order valence-electron chi connectivity index (χ0n) is 10.2. The SMILES string of the molecule is COc1ccc2nc(Cl)c(C(O)C(O)CBr)cc2c1. The van der Waals surface area contributed by atoms with Gasteiger partial charge in [-0.25, -0.2) is 4.98 Å². The highest BCUT2D eigenvalue weighted by atomic mass is 79.9. The van der Waals surface area contributed by atoms with Gasteiger partial charge in [0.15, 0.2) is 0 Å². The molecule has 2 atom stereocenters. The van der Waals surface area contributed by atoms with Crippen molar-refractivity contribution >= 4 is 38.4 Å². The number of aromatic nitrogens is 1. The van der Waals surface area contributed by atoms with E-state index in [1.807, 2.05) is 0 Å². The summed E-state index contributed by atoms with van der Waals surface area (Å²) in [5, 5.41) is 20.9. The number of halogens is 2. The lowest BCUT2D eigenvalue weighted by atomic mass is 10.0. The normalized spacial score (nSPS) is 14.4. The fourth-order valence-corrected chi connectivity index (χ4v) is 2.38. The molecule has 6 heteroatoms. The first kappa shape index (κ1) is 14.5. The molecule has 0 bridgehead atoms. The largest absolute Gasteiger partial charge is 0.497 e. The number of alkyl halides is 1. The molecule has 2 unspecified atom stereocenters. The van der Waals surface area contributed by atoms with Crippen molar-refractivity contribution in [3.63, 3.8) is 0 Å². The molecular weight excluding hydrogens is 334 g/mol. The molecule has 0 aliphatic carbocycles. The number of hydrogen-bond acceptors (Lipinski definition) is 4. The molecule has 1 heterocycles. The molecule has 0 aliphatic heterocycles. The fourth-order valence-electron chi connectivity index (χ4n) is 1.77. The van der Waals surface area contributed by atoms with E-state index in [4.69, 9.17) is 16.3 Å². The first-order valence-corrected chi connectivity index (χ1v) is 7.13. The van der Waals surface area contributed by atoms with Gasteiger partial charge in [-0.15, -0.1) is 0 Å². The van der Waals surface area contributed by atoms with Gasteiger partial charge >= 0.3 is 0 Å². The lowest BCUT2D eigenvalue weighted by Gasteiger charge is -2.17. The lowest BCUT2D eigenvalue weighted by molar-refractivity contribution is 0.0342. The van der Waals surface area contributed by atoms with Crippen LogP contribution in [-0.2, 0) is 0 Å². The molecule has 0 spiro atoms. The average Bonchev–Trinajstić information content (AvgIpc) is 2.44. The number of rotatable bonds is 4. The molecular formula is C13H13BrClNO3. The molecule has 1 aromatic heterocycles. The van der Waals surface area contributed by atoms with E-state index >= 15 is 0 Å². The molecule has 0 aliphatic rings. The second-order valence-electron chi connectivity index (χ2n) is 4.09. The molecule has 0 fully saturated rings. The van der Waals surface area contributed by atoms with E-state index in [1.54, 1.807) is 31.4 Å². The smallest absolute Gasteiger partial charge is 0.135 e. The molecule has 0 saturated heterocycles. The van der Waals surface area contributed by atoms with Crippen molar-refractivity contribution in [3.05, 3.63) is 35.0 Å². The zero-order valence-corrected chi connectivity index (χ0v) is 12.5. The van der Waals surface area contributed by atoms with Crippen LogP contribution < -0.4 is 4.74 Å². The van der Waals surface area contributed by atoms with Crippen LogP contribution in [-0.4, -0.2) is 33.7 Å². The minimum Gasteiger partial charge on any atom is -0.497 e. The summed E-state index contributed by atoms with van der Waals surface area (Å²) in [6.45, 7) is 0. The predicted octanol–water partition coefficient (Wildman–Crippen LogP) is 2.69. The Hall–Kier alpha value is -0.880. The van der Waals surface area contributed by atoms with E-state index in [9.17, 15) is 10.2 Å². The Morgan fingerprint density at radius 1 is 1.37 bits per heavy atom. The Kier molecular flexibility index (Phi) is 4.62. The van der Waals surface area contributed by atoms with Gasteiger partial charge < -0.3 is 14.9 Å². The molecule has 2 aromatic rings. The molecule has 0 radical (unpaired) electrons. The van der Waals surface area contributed by atoms with Gasteiger partial charge in [0.25, 0.3) is 0 Å².